The van der Waals surface area contributed by atoms with Crippen molar-refractivity contribution >= 4 is 17.7 Å². The fraction of sp³-hybridized carbons (Fsp3) is 0.727. The first-order valence-electron chi connectivity index (χ1n) is 6.23. The second kappa shape index (κ2) is 8.89. The van der Waals surface area contributed by atoms with E-state index in [4.69, 9.17) is 10.5 Å². The number of nitrogens with two attached hydrogens (primary N) is 1. The van der Waals surface area contributed by atoms with Crippen molar-refractivity contribution in [3.8, 4) is 0 Å². The molecule has 0 unspecified atom stereocenters. The second-order valence-electron chi connectivity index (χ2n) is 3.89. The second-order valence-corrected chi connectivity index (χ2v) is 4.83. The maximum absolute atomic E-state index is 11.6. The number of thioether (sulfide) groups is 1. The van der Waals surface area contributed by atoms with Crippen LogP contribution in [0.5, 0.6) is 0 Å². The minimum Gasteiger partial charge on any atom is -0.383 e. The molecule has 0 aliphatic heterocycles. The van der Waals surface area contributed by atoms with Crippen molar-refractivity contribution in [2.75, 3.05) is 26.0 Å². The summed E-state index contributed by atoms with van der Waals surface area (Å²) in [6.07, 6.45) is 0.971. The molecular weight excluding hydrogens is 266 g/mol. The minimum atomic E-state index is -0.0394. The summed E-state index contributed by atoms with van der Waals surface area (Å²) in [5, 5.41) is 11.6. The monoisotopic (exact) mass is 287 g/mol. The Hall–Kier alpha value is -1.12. The maximum Gasteiger partial charge on any atom is 0.230 e. The van der Waals surface area contributed by atoms with Gasteiger partial charge in [0.2, 0.25) is 5.91 Å². The fourth-order valence-corrected chi connectivity index (χ4v) is 2.31. The van der Waals surface area contributed by atoms with Crippen LogP contribution >= 0.6 is 11.8 Å². The van der Waals surface area contributed by atoms with E-state index in [-0.39, 0.29) is 5.91 Å². The van der Waals surface area contributed by atoms with Crippen molar-refractivity contribution < 1.29 is 9.53 Å². The van der Waals surface area contributed by atoms with Crippen molar-refractivity contribution in [3.63, 3.8) is 0 Å². The van der Waals surface area contributed by atoms with Gasteiger partial charge in [0.25, 0.3) is 0 Å². The Bertz CT molecular complexity index is 396. The number of ether oxygens (including phenoxy) is 1. The van der Waals surface area contributed by atoms with Crippen LogP contribution in [0.15, 0.2) is 5.16 Å². The van der Waals surface area contributed by atoms with Crippen LogP contribution in [-0.2, 0) is 22.6 Å². The molecule has 0 aromatic carbocycles. The highest BCUT2D eigenvalue weighted by molar-refractivity contribution is 7.99. The van der Waals surface area contributed by atoms with E-state index in [2.05, 4.69) is 22.4 Å². The lowest BCUT2D eigenvalue weighted by Gasteiger charge is -2.07. The fourth-order valence-electron chi connectivity index (χ4n) is 1.50. The number of hydrogen-bond acceptors (Lipinski definition) is 6. The Morgan fingerprint density at radius 1 is 1.53 bits per heavy atom. The van der Waals surface area contributed by atoms with Gasteiger partial charge in [-0.3, -0.25) is 4.79 Å². The number of methoxy groups -OCH3 is 1. The van der Waals surface area contributed by atoms with Crippen LogP contribution in [0.4, 0.5) is 0 Å². The van der Waals surface area contributed by atoms with E-state index in [1.807, 2.05) is 4.57 Å². The van der Waals surface area contributed by atoms with Gasteiger partial charge in [0.05, 0.1) is 18.9 Å². The van der Waals surface area contributed by atoms with Crippen LogP contribution in [0.25, 0.3) is 0 Å². The number of carbonyl (C=O) groups excluding carboxylic acids is 1. The summed E-state index contributed by atoms with van der Waals surface area (Å²) in [6.45, 7) is 4.28. The summed E-state index contributed by atoms with van der Waals surface area (Å²) in [4.78, 5) is 11.6. The molecular formula is C11H21N5O2S. The molecule has 8 heteroatoms. The molecule has 0 atom stereocenters. The predicted molar refractivity (Wildman–Crippen MR) is 73.8 cm³/mol. The van der Waals surface area contributed by atoms with Crippen molar-refractivity contribution in [2.24, 2.45) is 5.73 Å². The Morgan fingerprint density at radius 2 is 2.32 bits per heavy atom. The Morgan fingerprint density at radius 3 is 2.95 bits per heavy atom. The summed E-state index contributed by atoms with van der Waals surface area (Å²) in [6, 6.07) is 0. The third-order valence-corrected chi connectivity index (χ3v) is 3.35. The molecule has 1 aromatic heterocycles. The summed E-state index contributed by atoms with van der Waals surface area (Å²) in [5.41, 5.74) is 5.61. The molecule has 0 saturated heterocycles. The molecule has 0 radical (unpaired) electrons. The zero-order valence-corrected chi connectivity index (χ0v) is 12.2. The highest BCUT2D eigenvalue weighted by atomic mass is 32.2. The summed E-state index contributed by atoms with van der Waals surface area (Å²) in [7, 11) is 1.60. The molecule has 108 valence electrons. The number of rotatable bonds is 9. The van der Waals surface area contributed by atoms with Crippen LogP contribution in [-0.4, -0.2) is 46.7 Å². The number of amides is 1. The topological polar surface area (TPSA) is 95.1 Å². The lowest BCUT2D eigenvalue weighted by atomic mass is 10.4. The van der Waals surface area contributed by atoms with Crippen LogP contribution in [0.1, 0.15) is 19.2 Å². The molecule has 1 aromatic rings. The average Bonchev–Trinajstić information content (AvgIpc) is 2.79. The largest absolute Gasteiger partial charge is 0.383 e. The Kier molecular flexibility index (Phi) is 7.46. The average molecular weight is 287 g/mol. The number of nitrogens with one attached hydrogen (secondary N) is 1. The highest BCUT2D eigenvalue weighted by Crippen LogP contribution is 2.17. The van der Waals surface area contributed by atoms with Crippen molar-refractivity contribution in [1.29, 1.82) is 0 Å². The molecule has 0 fully saturated rings. The molecule has 1 heterocycles. The van der Waals surface area contributed by atoms with Crippen LogP contribution < -0.4 is 11.1 Å². The van der Waals surface area contributed by atoms with Gasteiger partial charge in [0.1, 0.15) is 5.82 Å². The number of aromatic nitrogens is 3. The normalized spacial score (nSPS) is 10.7. The molecule has 0 bridgehead atoms. The van der Waals surface area contributed by atoms with E-state index < -0.39 is 0 Å². The quantitative estimate of drug-likeness (QED) is 0.490. The van der Waals surface area contributed by atoms with Gasteiger partial charge in [-0.2, -0.15) is 0 Å². The third kappa shape index (κ3) is 5.17. The van der Waals surface area contributed by atoms with Gasteiger partial charge in [-0.1, -0.05) is 18.7 Å². The lowest BCUT2D eigenvalue weighted by Crippen LogP contribution is -2.28. The SMILES string of the molecule is CCCn1c(CN)nnc1SCC(=O)NCCOC. The standard InChI is InChI=1S/C11H21N5O2S/c1-3-5-16-9(7-12)14-15-11(16)19-8-10(17)13-4-6-18-2/h3-8,12H2,1-2H3,(H,13,17). The van der Waals surface area contributed by atoms with Gasteiger partial charge in [-0.05, 0) is 6.42 Å². The van der Waals surface area contributed by atoms with Gasteiger partial charge in [-0.15, -0.1) is 10.2 Å². The predicted octanol–water partition coefficient (Wildman–Crippen LogP) is 0.00150. The van der Waals surface area contributed by atoms with Crippen molar-refractivity contribution in [2.45, 2.75) is 31.6 Å². The van der Waals surface area contributed by atoms with Gasteiger partial charge < -0.3 is 20.4 Å². The Balaban J connectivity index is 2.48. The summed E-state index contributed by atoms with van der Waals surface area (Å²) >= 11 is 1.37. The van der Waals surface area contributed by atoms with Crippen LogP contribution in [0.2, 0.25) is 0 Å². The number of carbonyl (C=O) groups is 1. The van der Waals surface area contributed by atoms with Gasteiger partial charge in [-0.25, -0.2) is 0 Å². The van der Waals surface area contributed by atoms with E-state index >= 15 is 0 Å². The first-order valence-corrected chi connectivity index (χ1v) is 7.22. The third-order valence-electron chi connectivity index (χ3n) is 2.38. The zero-order chi connectivity index (χ0) is 14.1. The van der Waals surface area contributed by atoms with Gasteiger partial charge >= 0.3 is 0 Å². The molecule has 3 N–H and O–H groups in total. The highest BCUT2D eigenvalue weighted by Gasteiger charge is 2.12. The van der Waals surface area contributed by atoms with E-state index in [1.54, 1.807) is 7.11 Å². The molecule has 0 aliphatic carbocycles. The van der Waals surface area contributed by atoms with E-state index in [1.165, 1.54) is 11.8 Å². The van der Waals surface area contributed by atoms with Gasteiger partial charge in [0, 0.05) is 20.2 Å². The number of nitrogens with zero attached hydrogens (tertiary/aromatic N) is 3. The summed E-state index contributed by atoms with van der Waals surface area (Å²) in [5.74, 6) is 1.03. The number of hydrogen-bond donors (Lipinski definition) is 2. The first kappa shape index (κ1) is 15.9. The van der Waals surface area contributed by atoms with Crippen molar-refractivity contribution in [1.82, 2.24) is 20.1 Å². The molecule has 1 amide bonds. The van der Waals surface area contributed by atoms with E-state index in [0.717, 1.165) is 23.9 Å². The molecule has 0 aliphatic rings. The molecule has 19 heavy (non-hydrogen) atoms. The minimum absolute atomic E-state index is 0.0394. The van der Waals surface area contributed by atoms with Crippen LogP contribution in [0, 0.1) is 0 Å². The lowest BCUT2D eigenvalue weighted by molar-refractivity contribution is -0.118. The van der Waals surface area contributed by atoms with Crippen molar-refractivity contribution in [3.05, 3.63) is 5.82 Å². The van der Waals surface area contributed by atoms with Crippen LogP contribution in [0.3, 0.4) is 0 Å². The smallest absolute Gasteiger partial charge is 0.230 e. The molecule has 7 nitrogen and oxygen atoms in total. The zero-order valence-electron chi connectivity index (χ0n) is 11.4. The van der Waals surface area contributed by atoms with E-state index in [0.29, 0.717) is 25.4 Å². The Labute approximate surface area is 117 Å². The van der Waals surface area contributed by atoms with E-state index in [9.17, 15) is 4.79 Å². The van der Waals surface area contributed by atoms with Gasteiger partial charge in [0.15, 0.2) is 5.16 Å². The molecule has 0 spiro atoms. The first-order chi connectivity index (χ1) is 9.22. The molecule has 1 rings (SSSR count). The summed E-state index contributed by atoms with van der Waals surface area (Å²) < 4.78 is 6.83. The maximum atomic E-state index is 11.6. The molecule has 0 saturated carbocycles.